The number of ether oxygens (including phenoxy) is 2. The van der Waals surface area contributed by atoms with E-state index in [-0.39, 0.29) is 18.4 Å². The van der Waals surface area contributed by atoms with Crippen LogP contribution in [-0.2, 0) is 0 Å². The van der Waals surface area contributed by atoms with Gasteiger partial charge in [0.25, 0.3) is 5.91 Å². The van der Waals surface area contributed by atoms with E-state index in [1.807, 2.05) is 30.3 Å². The third-order valence-corrected chi connectivity index (χ3v) is 4.41. The van der Waals surface area contributed by atoms with E-state index < -0.39 is 0 Å². The van der Waals surface area contributed by atoms with Crippen molar-refractivity contribution in [3.63, 3.8) is 0 Å². The largest absolute Gasteiger partial charge is 0.454 e. The summed E-state index contributed by atoms with van der Waals surface area (Å²) in [6, 6.07) is 14.9. The van der Waals surface area contributed by atoms with Crippen LogP contribution in [0.2, 0.25) is 0 Å². The van der Waals surface area contributed by atoms with Gasteiger partial charge in [-0.1, -0.05) is 18.2 Å². The highest BCUT2D eigenvalue weighted by Crippen LogP contribution is 2.34. The molecule has 3 heterocycles. The fourth-order valence-corrected chi connectivity index (χ4v) is 3.02. The molecule has 0 radical (unpaired) electrons. The number of carbonyl (C=O) groups excluding carboxylic acids is 1. The number of nitrogens with one attached hydrogen (secondary N) is 2. The number of aromatic nitrogens is 3. The predicted molar refractivity (Wildman–Crippen MR) is 108 cm³/mol. The van der Waals surface area contributed by atoms with Gasteiger partial charge in [-0.25, -0.2) is 9.97 Å². The Morgan fingerprint density at radius 1 is 0.931 bits per heavy atom. The monoisotopic (exact) mass is 385 g/mol. The summed E-state index contributed by atoms with van der Waals surface area (Å²) in [5, 5.41) is 6.99. The van der Waals surface area contributed by atoms with E-state index in [4.69, 9.17) is 9.47 Å². The van der Waals surface area contributed by atoms with Crippen molar-refractivity contribution >= 4 is 34.0 Å². The number of fused-ring (bicyclic) bond motifs is 2. The molecule has 2 N–H and O–H groups in total. The predicted octanol–water partition coefficient (Wildman–Crippen LogP) is 3.75. The minimum Gasteiger partial charge on any atom is -0.454 e. The molecule has 5 rings (SSSR count). The second-order valence-corrected chi connectivity index (χ2v) is 6.31. The van der Waals surface area contributed by atoms with Crippen molar-refractivity contribution in [3.8, 4) is 11.5 Å². The quantitative estimate of drug-likeness (QED) is 0.552. The first-order valence-corrected chi connectivity index (χ1v) is 8.90. The Bertz CT molecular complexity index is 1210. The van der Waals surface area contributed by atoms with Gasteiger partial charge in [0.15, 0.2) is 11.5 Å². The zero-order valence-electron chi connectivity index (χ0n) is 15.1. The average molecular weight is 385 g/mol. The van der Waals surface area contributed by atoms with Crippen LogP contribution in [0.5, 0.6) is 11.5 Å². The number of hydrogen-bond acceptors (Lipinski definition) is 7. The van der Waals surface area contributed by atoms with Crippen LogP contribution in [-0.4, -0.2) is 27.7 Å². The number of hydrogen-bond donors (Lipinski definition) is 2. The van der Waals surface area contributed by atoms with E-state index in [0.29, 0.717) is 23.0 Å². The Hall–Kier alpha value is -4.20. The smallest absolute Gasteiger partial charge is 0.275 e. The molecule has 1 aliphatic heterocycles. The molecular formula is C21H15N5O3. The molecule has 2 aromatic heterocycles. The number of rotatable bonds is 4. The lowest BCUT2D eigenvalue weighted by Crippen LogP contribution is -2.14. The molecule has 0 saturated carbocycles. The Balaban J connectivity index is 1.31. The molecule has 142 valence electrons. The number of nitrogens with zero attached hydrogens (tertiary/aromatic N) is 3. The van der Waals surface area contributed by atoms with Crippen LogP contribution >= 0.6 is 0 Å². The zero-order chi connectivity index (χ0) is 19.6. The van der Waals surface area contributed by atoms with Gasteiger partial charge >= 0.3 is 0 Å². The Morgan fingerprint density at radius 3 is 2.72 bits per heavy atom. The molecule has 8 nitrogen and oxygen atoms in total. The first-order valence-electron chi connectivity index (χ1n) is 8.90. The SMILES string of the molecule is O=C(Nc1ccc2c(c1)OCO2)c1cnc(Nc2cccc3cccnc23)cn1. The maximum atomic E-state index is 12.4. The van der Waals surface area contributed by atoms with E-state index in [1.54, 1.807) is 24.4 Å². The number of pyridine rings is 1. The summed E-state index contributed by atoms with van der Waals surface area (Å²) in [5.74, 6) is 1.40. The summed E-state index contributed by atoms with van der Waals surface area (Å²) in [4.78, 5) is 25.3. The minimum atomic E-state index is -0.366. The molecule has 0 unspecified atom stereocenters. The third-order valence-electron chi connectivity index (χ3n) is 4.41. The molecule has 4 aromatic rings. The molecule has 0 bridgehead atoms. The lowest BCUT2D eigenvalue weighted by atomic mass is 10.2. The van der Waals surface area contributed by atoms with Crippen molar-refractivity contribution in [2.24, 2.45) is 0 Å². The van der Waals surface area contributed by atoms with Crippen molar-refractivity contribution in [2.75, 3.05) is 17.4 Å². The second-order valence-electron chi connectivity index (χ2n) is 6.31. The molecule has 1 aliphatic rings. The number of para-hydroxylation sites is 1. The molecule has 1 amide bonds. The standard InChI is InChI=1S/C21H15N5O3/c27-21(25-14-6-7-17-18(9-14)29-12-28-17)16-10-24-19(11-23-16)26-15-5-1-3-13-4-2-8-22-20(13)15/h1-11H,12H2,(H,24,26)(H,25,27). The fraction of sp³-hybridized carbons (Fsp3) is 0.0476. The molecule has 8 heteroatoms. The Kier molecular flexibility index (Phi) is 4.14. The highest BCUT2D eigenvalue weighted by Gasteiger charge is 2.15. The van der Waals surface area contributed by atoms with E-state index in [9.17, 15) is 4.79 Å². The first kappa shape index (κ1) is 16.9. The fourth-order valence-electron chi connectivity index (χ4n) is 3.02. The molecule has 0 spiro atoms. The van der Waals surface area contributed by atoms with Crippen molar-refractivity contribution in [1.29, 1.82) is 0 Å². The van der Waals surface area contributed by atoms with Crippen LogP contribution in [0.4, 0.5) is 17.2 Å². The molecule has 0 saturated heterocycles. The lowest BCUT2D eigenvalue weighted by Gasteiger charge is -2.09. The second kappa shape index (κ2) is 7.08. The highest BCUT2D eigenvalue weighted by atomic mass is 16.7. The van der Waals surface area contributed by atoms with E-state index in [2.05, 4.69) is 25.6 Å². The van der Waals surface area contributed by atoms with Gasteiger partial charge in [0.2, 0.25) is 6.79 Å². The van der Waals surface area contributed by atoms with E-state index in [1.165, 1.54) is 12.4 Å². The molecular weight excluding hydrogens is 370 g/mol. The van der Waals surface area contributed by atoms with Gasteiger partial charge in [-0.15, -0.1) is 0 Å². The van der Waals surface area contributed by atoms with Crippen LogP contribution < -0.4 is 20.1 Å². The zero-order valence-corrected chi connectivity index (χ0v) is 15.1. The van der Waals surface area contributed by atoms with Gasteiger partial charge in [-0.05, 0) is 24.3 Å². The van der Waals surface area contributed by atoms with Gasteiger partial charge < -0.3 is 20.1 Å². The maximum absolute atomic E-state index is 12.4. The van der Waals surface area contributed by atoms with Crippen LogP contribution in [0.3, 0.4) is 0 Å². The van der Waals surface area contributed by atoms with Crippen molar-refractivity contribution < 1.29 is 14.3 Å². The Morgan fingerprint density at radius 2 is 1.83 bits per heavy atom. The van der Waals surface area contributed by atoms with Crippen molar-refractivity contribution in [2.45, 2.75) is 0 Å². The summed E-state index contributed by atoms with van der Waals surface area (Å²) < 4.78 is 10.6. The van der Waals surface area contributed by atoms with Crippen LogP contribution in [0.25, 0.3) is 10.9 Å². The maximum Gasteiger partial charge on any atom is 0.275 e. The van der Waals surface area contributed by atoms with Crippen LogP contribution in [0, 0.1) is 0 Å². The van der Waals surface area contributed by atoms with Crippen molar-refractivity contribution in [3.05, 3.63) is 72.8 Å². The minimum absolute atomic E-state index is 0.179. The van der Waals surface area contributed by atoms with Gasteiger partial charge in [0, 0.05) is 23.3 Å². The Labute approximate surface area is 165 Å². The normalized spacial score (nSPS) is 12.0. The van der Waals surface area contributed by atoms with Crippen LogP contribution in [0.15, 0.2) is 67.1 Å². The summed E-state index contributed by atoms with van der Waals surface area (Å²) in [6.45, 7) is 0.179. The first-order chi connectivity index (χ1) is 14.3. The van der Waals surface area contributed by atoms with Crippen molar-refractivity contribution in [1.82, 2.24) is 15.0 Å². The van der Waals surface area contributed by atoms with Crippen LogP contribution in [0.1, 0.15) is 10.5 Å². The summed E-state index contributed by atoms with van der Waals surface area (Å²) in [7, 11) is 0. The summed E-state index contributed by atoms with van der Waals surface area (Å²) >= 11 is 0. The van der Waals surface area contributed by atoms with Gasteiger partial charge in [0.1, 0.15) is 11.5 Å². The van der Waals surface area contributed by atoms with Gasteiger partial charge in [-0.2, -0.15) is 0 Å². The number of anilines is 3. The topological polar surface area (TPSA) is 98.3 Å². The molecule has 2 aromatic carbocycles. The van der Waals surface area contributed by atoms with Gasteiger partial charge in [0.05, 0.1) is 23.6 Å². The number of benzene rings is 2. The van der Waals surface area contributed by atoms with E-state index >= 15 is 0 Å². The lowest BCUT2D eigenvalue weighted by molar-refractivity contribution is 0.102. The number of carbonyl (C=O) groups is 1. The average Bonchev–Trinajstić information content (AvgIpc) is 3.22. The summed E-state index contributed by atoms with van der Waals surface area (Å²) in [5.41, 5.74) is 2.44. The molecule has 29 heavy (non-hydrogen) atoms. The summed E-state index contributed by atoms with van der Waals surface area (Å²) in [6.07, 6.45) is 4.67. The third kappa shape index (κ3) is 3.39. The molecule has 0 atom stereocenters. The van der Waals surface area contributed by atoms with E-state index in [0.717, 1.165) is 16.6 Å². The molecule has 0 aliphatic carbocycles. The molecule has 0 fully saturated rings. The number of amides is 1. The highest BCUT2D eigenvalue weighted by molar-refractivity contribution is 6.03. The van der Waals surface area contributed by atoms with Gasteiger partial charge in [-0.3, -0.25) is 9.78 Å².